The second-order valence-electron chi connectivity index (χ2n) is 7.35. The van der Waals surface area contributed by atoms with Crippen LogP contribution in [0.25, 0.3) is 0 Å². The molecule has 1 saturated heterocycles. The largest absolute Gasteiger partial charge is 0.465 e. The molecular weight excluding hydrogens is 282 g/mol. The molecule has 0 aromatic heterocycles. The standard InChI is InChI=1S/C16H31N3O3/c1-8-13(19(15(21)22)16(4,5)6)14(20)18-9-11(2)17(7)12(3)10-18/h11-13H,8-10H2,1-7H3,(H,21,22). The van der Waals surface area contributed by atoms with E-state index in [1.165, 1.54) is 4.90 Å². The summed E-state index contributed by atoms with van der Waals surface area (Å²) in [5.74, 6) is -0.0772. The average molecular weight is 313 g/mol. The van der Waals surface area contributed by atoms with Crippen LogP contribution in [0.3, 0.4) is 0 Å². The van der Waals surface area contributed by atoms with Gasteiger partial charge in [0, 0.05) is 30.7 Å². The third-order valence-electron chi connectivity index (χ3n) is 4.58. The molecule has 0 spiro atoms. The number of carbonyl (C=O) groups is 2. The summed E-state index contributed by atoms with van der Waals surface area (Å²) in [6, 6.07) is -0.0726. The van der Waals surface area contributed by atoms with Crippen LogP contribution < -0.4 is 0 Å². The first kappa shape index (κ1) is 18.7. The van der Waals surface area contributed by atoms with E-state index < -0.39 is 17.7 Å². The van der Waals surface area contributed by atoms with Crippen molar-refractivity contribution in [2.45, 2.75) is 71.6 Å². The van der Waals surface area contributed by atoms with Gasteiger partial charge in [-0.05, 0) is 48.1 Å². The van der Waals surface area contributed by atoms with E-state index in [1.54, 1.807) is 0 Å². The molecule has 1 N–H and O–H groups in total. The molecule has 1 rings (SSSR count). The molecule has 1 aliphatic rings. The third-order valence-corrected chi connectivity index (χ3v) is 4.58. The van der Waals surface area contributed by atoms with Crippen molar-refractivity contribution in [2.75, 3.05) is 20.1 Å². The van der Waals surface area contributed by atoms with Gasteiger partial charge in [0.1, 0.15) is 6.04 Å². The fraction of sp³-hybridized carbons (Fsp3) is 0.875. The smallest absolute Gasteiger partial charge is 0.408 e. The molecule has 0 radical (unpaired) electrons. The highest BCUT2D eigenvalue weighted by Gasteiger charge is 2.40. The lowest BCUT2D eigenvalue weighted by Crippen LogP contribution is -2.62. The molecule has 0 saturated carbocycles. The molecule has 22 heavy (non-hydrogen) atoms. The Balaban J connectivity index is 2.99. The number of carboxylic acid groups (broad SMARTS) is 1. The summed E-state index contributed by atoms with van der Waals surface area (Å²) in [5, 5.41) is 9.55. The van der Waals surface area contributed by atoms with Crippen molar-refractivity contribution in [3.05, 3.63) is 0 Å². The molecule has 3 unspecified atom stereocenters. The fourth-order valence-corrected chi connectivity index (χ4v) is 3.15. The minimum atomic E-state index is -1.04. The van der Waals surface area contributed by atoms with Gasteiger partial charge in [-0.2, -0.15) is 0 Å². The second kappa shape index (κ2) is 6.86. The first-order valence-electron chi connectivity index (χ1n) is 8.03. The molecular formula is C16H31N3O3. The van der Waals surface area contributed by atoms with Gasteiger partial charge in [-0.1, -0.05) is 6.92 Å². The van der Waals surface area contributed by atoms with Gasteiger partial charge in [-0.15, -0.1) is 0 Å². The second-order valence-corrected chi connectivity index (χ2v) is 7.35. The number of hydrogen-bond acceptors (Lipinski definition) is 3. The average Bonchev–Trinajstić information content (AvgIpc) is 2.38. The third kappa shape index (κ3) is 3.91. The van der Waals surface area contributed by atoms with Crippen LogP contribution in [-0.2, 0) is 4.79 Å². The van der Waals surface area contributed by atoms with E-state index in [-0.39, 0.29) is 18.0 Å². The van der Waals surface area contributed by atoms with Crippen LogP contribution in [-0.4, -0.2) is 75.6 Å². The van der Waals surface area contributed by atoms with Gasteiger partial charge in [0.05, 0.1) is 0 Å². The summed E-state index contributed by atoms with van der Waals surface area (Å²) in [7, 11) is 2.06. The SMILES string of the molecule is CCC(C(=O)N1CC(C)N(C)C(C)C1)N(C(=O)O)C(C)(C)C. The summed E-state index contributed by atoms with van der Waals surface area (Å²) >= 11 is 0. The van der Waals surface area contributed by atoms with E-state index in [4.69, 9.17) is 0 Å². The molecule has 0 aromatic carbocycles. The first-order valence-corrected chi connectivity index (χ1v) is 8.03. The van der Waals surface area contributed by atoms with Gasteiger partial charge >= 0.3 is 6.09 Å². The number of rotatable bonds is 3. The van der Waals surface area contributed by atoms with E-state index in [0.29, 0.717) is 19.5 Å². The molecule has 2 amide bonds. The molecule has 0 aromatic rings. The number of amides is 2. The minimum absolute atomic E-state index is 0.0772. The summed E-state index contributed by atoms with van der Waals surface area (Å²) in [5.41, 5.74) is -0.605. The Morgan fingerprint density at radius 2 is 1.68 bits per heavy atom. The van der Waals surface area contributed by atoms with Crippen LogP contribution >= 0.6 is 0 Å². The van der Waals surface area contributed by atoms with Crippen molar-refractivity contribution in [1.82, 2.24) is 14.7 Å². The predicted molar refractivity (Wildman–Crippen MR) is 87.0 cm³/mol. The molecule has 0 bridgehead atoms. The summed E-state index contributed by atoms with van der Waals surface area (Å²) in [4.78, 5) is 30.0. The van der Waals surface area contributed by atoms with Gasteiger partial charge in [0.2, 0.25) is 5.91 Å². The monoisotopic (exact) mass is 313 g/mol. The lowest BCUT2D eigenvalue weighted by atomic mass is 10.00. The molecule has 1 aliphatic heterocycles. The Morgan fingerprint density at radius 3 is 2.00 bits per heavy atom. The lowest BCUT2D eigenvalue weighted by molar-refractivity contribution is -0.142. The topological polar surface area (TPSA) is 64.1 Å². The van der Waals surface area contributed by atoms with E-state index in [0.717, 1.165) is 0 Å². The molecule has 1 fully saturated rings. The zero-order valence-electron chi connectivity index (χ0n) is 15.0. The van der Waals surface area contributed by atoms with Crippen LogP contribution in [0.15, 0.2) is 0 Å². The maximum Gasteiger partial charge on any atom is 0.408 e. The van der Waals surface area contributed by atoms with Gasteiger partial charge in [-0.25, -0.2) is 4.79 Å². The quantitative estimate of drug-likeness (QED) is 0.866. The number of piperazine rings is 1. The molecule has 128 valence electrons. The number of nitrogens with zero attached hydrogens (tertiary/aromatic N) is 3. The fourth-order valence-electron chi connectivity index (χ4n) is 3.15. The minimum Gasteiger partial charge on any atom is -0.465 e. The van der Waals surface area contributed by atoms with E-state index in [9.17, 15) is 14.7 Å². The lowest BCUT2D eigenvalue weighted by Gasteiger charge is -2.45. The Kier molecular flexibility index (Phi) is 5.84. The van der Waals surface area contributed by atoms with Crippen molar-refractivity contribution >= 4 is 12.0 Å². The van der Waals surface area contributed by atoms with Gasteiger partial charge in [0.15, 0.2) is 0 Å². The summed E-state index contributed by atoms with van der Waals surface area (Å²) in [6.07, 6.45) is -0.555. The van der Waals surface area contributed by atoms with Crippen LogP contribution in [0, 0.1) is 0 Å². The first-order chi connectivity index (χ1) is 10.0. The molecule has 6 nitrogen and oxygen atoms in total. The van der Waals surface area contributed by atoms with Gasteiger partial charge < -0.3 is 10.0 Å². The number of hydrogen-bond donors (Lipinski definition) is 1. The highest BCUT2D eigenvalue weighted by Crippen LogP contribution is 2.23. The normalized spacial score (nSPS) is 25.0. The molecule has 6 heteroatoms. The van der Waals surface area contributed by atoms with Crippen molar-refractivity contribution in [3.8, 4) is 0 Å². The Bertz CT molecular complexity index is 407. The maximum absolute atomic E-state index is 12.9. The van der Waals surface area contributed by atoms with Crippen molar-refractivity contribution in [3.63, 3.8) is 0 Å². The molecule has 0 aliphatic carbocycles. The van der Waals surface area contributed by atoms with Crippen molar-refractivity contribution in [1.29, 1.82) is 0 Å². The maximum atomic E-state index is 12.9. The van der Waals surface area contributed by atoms with E-state index in [2.05, 4.69) is 25.8 Å². The van der Waals surface area contributed by atoms with Crippen LogP contribution in [0.4, 0.5) is 4.79 Å². The number of carbonyl (C=O) groups excluding carboxylic acids is 1. The molecule has 3 atom stereocenters. The number of likely N-dealkylation sites (N-methyl/N-ethyl adjacent to an activating group) is 1. The zero-order valence-corrected chi connectivity index (χ0v) is 15.0. The highest BCUT2D eigenvalue weighted by atomic mass is 16.4. The van der Waals surface area contributed by atoms with E-state index in [1.807, 2.05) is 32.6 Å². The van der Waals surface area contributed by atoms with Crippen molar-refractivity contribution in [2.24, 2.45) is 0 Å². The molecule has 1 heterocycles. The van der Waals surface area contributed by atoms with Crippen LogP contribution in [0.2, 0.25) is 0 Å². The van der Waals surface area contributed by atoms with Gasteiger partial charge in [0.25, 0.3) is 0 Å². The van der Waals surface area contributed by atoms with Gasteiger partial charge in [-0.3, -0.25) is 14.6 Å². The Labute approximate surface area is 134 Å². The Morgan fingerprint density at radius 1 is 1.23 bits per heavy atom. The highest BCUT2D eigenvalue weighted by molar-refractivity contribution is 5.85. The summed E-state index contributed by atoms with van der Waals surface area (Å²) in [6.45, 7) is 12.8. The van der Waals surface area contributed by atoms with Crippen LogP contribution in [0.1, 0.15) is 48.0 Å². The van der Waals surface area contributed by atoms with Crippen molar-refractivity contribution < 1.29 is 14.7 Å². The summed E-state index contributed by atoms with van der Waals surface area (Å²) < 4.78 is 0. The zero-order chi connectivity index (χ0) is 17.2. The van der Waals surface area contributed by atoms with Crippen LogP contribution in [0.5, 0.6) is 0 Å². The van der Waals surface area contributed by atoms with E-state index >= 15 is 0 Å². The predicted octanol–water partition coefficient (Wildman–Crippen LogP) is 2.09. The Hall–Kier alpha value is -1.30.